The van der Waals surface area contributed by atoms with Crippen LogP contribution in [0, 0.1) is 5.92 Å². The molecule has 2 aliphatic heterocycles. The summed E-state index contributed by atoms with van der Waals surface area (Å²) in [6.45, 7) is 12.0. The molecule has 0 spiro atoms. The average Bonchev–Trinajstić information content (AvgIpc) is 2.40. The van der Waals surface area contributed by atoms with Crippen LogP contribution in [0.15, 0.2) is 0 Å². The number of morpholine rings is 1. The third-order valence-corrected chi connectivity index (χ3v) is 4.40. The quantitative estimate of drug-likeness (QED) is 0.805. The van der Waals surface area contributed by atoms with E-state index in [1.54, 1.807) is 0 Å². The van der Waals surface area contributed by atoms with Crippen LogP contribution in [0.25, 0.3) is 0 Å². The van der Waals surface area contributed by atoms with E-state index >= 15 is 0 Å². The largest absolute Gasteiger partial charge is 0.374 e. The second-order valence-corrected chi connectivity index (χ2v) is 6.06. The summed E-state index contributed by atoms with van der Waals surface area (Å²) in [6, 6.07) is 0.638. The van der Waals surface area contributed by atoms with Crippen molar-refractivity contribution in [2.24, 2.45) is 11.7 Å². The van der Waals surface area contributed by atoms with E-state index in [0.717, 1.165) is 38.7 Å². The molecule has 106 valence electrons. The molecule has 2 rings (SSSR count). The number of likely N-dealkylation sites (tertiary alicyclic amines) is 1. The molecular weight excluding hydrogens is 226 g/mol. The highest BCUT2D eigenvalue weighted by atomic mass is 16.5. The lowest BCUT2D eigenvalue weighted by atomic mass is 9.97. The Hall–Kier alpha value is -0.160. The summed E-state index contributed by atoms with van der Waals surface area (Å²) in [5, 5.41) is 0. The van der Waals surface area contributed by atoms with E-state index in [9.17, 15) is 0 Å². The Morgan fingerprint density at radius 1 is 1.22 bits per heavy atom. The van der Waals surface area contributed by atoms with Gasteiger partial charge in [-0.25, -0.2) is 0 Å². The Balaban J connectivity index is 1.73. The van der Waals surface area contributed by atoms with Crippen molar-refractivity contribution >= 4 is 0 Å². The van der Waals surface area contributed by atoms with Crippen molar-refractivity contribution in [1.82, 2.24) is 9.80 Å². The zero-order chi connectivity index (χ0) is 13.0. The Morgan fingerprint density at radius 2 is 1.94 bits per heavy atom. The molecule has 2 aliphatic rings. The molecule has 0 radical (unpaired) electrons. The third-order valence-electron chi connectivity index (χ3n) is 4.40. The molecule has 1 atom stereocenters. The Labute approximate surface area is 111 Å². The first-order chi connectivity index (χ1) is 8.69. The minimum Gasteiger partial charge on any atom is -0.374 e. The van der Waals surface area contributed by atoms with Gasteiger partial charge in [-0.3, -0.25) is 4.90 Å². The monoisotopic (exact) mass is 255 g/mol. The molecule has 0 aromatic carbocycles. The van der Waals surface area contributed by atoms with Crippen molar-refractivity contribution in [1.29, 1.82) is 0 Å². The summed E-state index contributed by atoms with van der Waals surface area (Å²) in [5.74, 6) is 0.751. The second-order valence-electron chi connectivity index (χ2n) is 6.06. The van der Waals surface area contributed by atoms with E-state index in [0.29, 0.717) is 12.1 Å². The highest BCUT2D eigenvalue weighted by Gasteiger charge is 2.26. The van der Waals surface area contributed by atoms with Crippen LogP contribution in [0.3, 0.4) is 0 Å². The molecule has 0 saturated carbocycles. The van der Waals surface area contributed by atoms with Gasteiger partial charge in [-0.2, -0.15) is 0 Å². The van der Waals surface area contributed by atoms with Gasteiger partial charge in [-0.1, -0.05) is 0 Å². The van der Waals surface area contributed by atoms with Gasteiger partial charge >= 0.3 is 0 Å². The van der Waals surface area contributed by atoms with Crippen molar-refractivity contribution in [3.8, 4) is 0 Å². The van der Waals surface area contributed by atoms with Crippen molar-refractivity contribution in [2.75, 3.05) is 45.9 Å². The number of ether oxygens (including phenoxy) is 1. The summed E-state index contributed by atoms with van der Waals surface area (Å²) in [6.07, 6.45) is 2.92. The average molecular weight is 255 g/mol. The van der Waals surface area contributed by atoms with Crippen LogP contribution < -0.4 is 5.73 Å². The summed E-state index contributed by atoms with van der Waals surface area (Å²) < 4.78 is 5.91. The summed E-state index contributed by atoms with van der Waals surface area (Å²) >= 11 is 0. The van der Waals surface area contributed by atoms with E-state index in [1.165, 1.54) is 25.9 Å². The van der Waals surface area contributed by atoms with E-state index in [2.05, 4.69) is 23.6 Å². The predicted molar refractivity (Wildman–Crippen MR) is 74.7 cm³/mol. The SMILES string of the molecule is CC(C)N1CCOC(CN2CCC(CN)CC2)C1. The third kappa shape index (κ3) is 3.92. The van der Waals surface area contributed by atoms with Crippen molar-refractivity contribution < 1.29 is 4.74 Å². The van der Waals surface area contributed by atoms with Gasteiger partial charge in [0.1, 0.15) is 0 Å². The van der Waals surface area contributed by atoms with Crippen LogP contribution in [-0.4, -0.2) is 67.8 Å². The fourth-order valence-electron chi connectivity index (χ4n) is 3.01. The fourth-order valence-corrected chi connectivity index (χ4v) is 3.01. The first-order valence-electron chi connectivity index (χ1n) is 7.47. The zero-order valence-electron chi connectivity index (χ0n) is 12.0. The van der Waals surface area contributed by atoms with E-state index in [1.807, 2.05) is 0 Å². The van der Waals surface area contributed by atoms with E-state index in [4.69, 9.17) is 10.5 Å². The number of piperidine rings is 1. The molecule has 0 aromatic rings. The molecule has 2 saturated heterocycles. The van der Waals surface area contributed by atoms with Gasteiger partial charge in [0.25, 0.3) is 0 Å². The maximum Gasteiger partial charge on any atom is 0.0829 e. The number of hydrogen-bond donors (Lipinski definition) is 1. The lowest BCUT2D eigenvalue weighted by Gasteiger charge is -2.39. The molecule has 0 bridgehead atoms. The van der Waals surface area contributed by atoms with Crippen LogP contribution in [0.1, 0.15) is 26.7 Å². The van der Waals surface area contributed by atoms with Gasteiger partial charge in [0.15, 0.2) is 0 Å². The zero-order valence-corrected chi connectivity index (χ0v) is 12.0. The molecule has 4 nitrogen and oxygen atoms in total. The van der Waals surface area contributed by atoms with Gasteiger partial charge < -0.3 is 15.4 Å². The number of nitrogens with two attached hydrogens (primary N) is 1. The molecule has 1 unspecified atom stereocenters. The Morgan fingerprint density at radius 3 is 2.56 bits per heavy atom. The van der Waals surface area contributed by atoms with Crippen LogP contribution in [0.4, 0.5) is 0 Å². The predicted octanol–water partition coefficient (Wildman–Crippen LogP) is 0.766. The molecule has 2 heterocycles. The molecule has 0 aliphatic carbocycles. The maximum atomic E-state index is 5.91. The fraction of sp³-hybridized carbons (Fsp3) is 1.00. The lowest BCUT2D eigenvalue weighted by Crippen LogP contribution is -2.50. The first kappa shape index (κ1) is 14.3. The van der Waals surface area contributed by atoms with Crippen LogP contribution in [0.5, 0.6) is 0 Å². The van der Waals surface area contributed by atoms with E-state index < -0.39 is 0 Å². The summed E-state index contributed by atoms with van der Waals surface area (Å²) in [5.41, 5.74) is 5.73. The molecule has 0 aromatic heterocycles. The number of rotatable bonds is 4. The van der Waals surface area contributed by atoms with Crippen molar-refractivity contribution in [3.63, 3.8) is 0 Å². The van der Waals surface area contributed by atoms with E-state index in [-0.39, 0.29) is 0 Å². The Bertz CT molecular complexity index is 239. The van der Waals surface area contributed by atoms with Crippen molar-refractivity contribution in [3.05, 3.63) is 0 Å². The maximum absolute atomic E-state index is 5.91. The topological polar surface area (TPSA) is 41.7 Å². The molecule has 2 N–H and O–H groups in total. The molecule has 2 fully saturated rings. The van der Waals surface area contributed by atoms with Gasteiger partial charge in [-0.15, -0.1) is 0 Å². The second kappa shape index (κ2) is 6.85. The minimum atomic E-state index is 0.399. The highest BCUT2D eigenvalue weighted by molar-refractivity contribution is 4.79. The summed E-state index contributed by atoms with van der Waals surface area (Å²) in [7, 11) is 0. The van der Waals surface area contributed by atoms with Gasteiger partial charge in [0.05, 0.1) is 12.7 Å². The number of hydrogen-bond acceptors (Lipinski definition) is 4. The van der Waals surface area contributed by atoms with Crippen molar-refractivity contribution in [2.45, 2.75) is 38.8 Å². The van der Waals surface area contributed by atoms with Gasteiger partial charge in [0, 0.05) is 25.7 Å². The van der Waals surface area contributed by atoms with Crippen LogP contribution in [-0.2, 0) is 4.74 Å². The molecule has 0 amide bonds. The lowest BCUT2D eigenvalue weighted by molar-refractivity contribution is -0.0550. The normalized spacial score (nSPS) is 29.0. The minimum absolute atomic E-state index is 0.399. The standard InChI is InChI=1S/C14H29N3O/c1-12(2)17-7-8-18-14(11-17)10-16-5-3-13(9-15)4-6-16/h12-14H,3-11,15H2,1-2H3. The van der Waals surface area contributed by atoms with Gasteiger partial charge in [-0.05, 0) is 52.2 Å². The van der Waals surface area contributed by atoms with Gasteiger partial charge in [0.2, 0.25) is 0 Å². The molecule has 18 heavy (non-hydrogen) atoms. The van der Waals surface area contributed by atoms with Crippen LogP contribution in [0.2, 0.25) is 0 Å². The highest BCUT2D eigenvalue weighted by Crippen LogP contribution is 2.17. The molecular formula is C14H29N3O. The summed E-state index contributed by atoms with van der Waals surface area (Å²) in [4.78, 5) is 5.08. The molecule has 4 heteroatoms. The first-order valence-corrected chi connectivity index (χ1v) is 7.47. The smallest absolute Gasteiger partial charge is 0.0829 e. The Kier molecular flexibility index (Phi) is 5.42. The van der Waals surface area contributed by atoms with Crippen LogP contribution >= 0.6 is 0 Å². The number of nitrogens with zero attached hydrogens (tertiary/aromatic N) is 2.